The normalized spacial score (nSPS) is 12.3. The van der Waals surface area contributed by atoms with E-state index >= 15 is 0 Å². The average Bonchev–Trinajstić information content (AvgIpc) is 2.28. The van der Waals surface area contributed by atoms with E-state index in [0.717, 1.165) is 18.5 Å². The molecule has 0 spiro atoms. The number of carbonyl (C=O) groups is 1. The second-order valence-corrected chi connectivity index (χ2v) is 7.71. The van der Waals surface area contributed by atoms with Gasteiger partial charge in [-0.2, -0.15) is 0 Å². The van der Waals surface area contributed by atoms with Crippen LogP contribution in [0.2, 0.25) is 5.15 Å². The summed E-state index contributed by atoms with van der Waals surface area (Å²) in [6.45, 7) is 2.85. The number of rotatable bonds is 4. The van der Waals surface area contributed by atoms with Crippen molar-refractivity contribution in [3.05, 3.63) is 28.8 Å². The topological polar surface area (TPSA) is 76.1 Å². The number of hydrogen-bond donors (Lipinski definition) is 1. The minimum Gasteiger partial charge on any atom is -0.350 e. The van der Waals surface area contributed by atoms with Crippen LogP contribution in [-0.4, -0.2) is 36.9 Å². The molecular formula is C11H14ClFN2O3S. The van der Waals surface area contributed by atoms with Crippen molar-refractivity contribution < 1.29 is 17.6 Å². The molecule has 1 aromatic heterocycles. The molecule has 5 nitrogen and oxygen atoms in total. The number of pyridine rings is 1. The molecular weight excluding hydrogens is 295 g/mol. The number of hydrogen-bond acceptors (Lipinski definition) is 4. The van der Waals surface area contributed by atoms with Crippen LogP contribution in [0.25, 0.3) is 0 Å². The fourth-order valence-corrected chi connectivity index (χ4v) is 1.62. The second-order valence-electron chi connectivity index (χ2n) is 4.71. The van der Waals surface area contributed by atoms with Crippen molar-refractivity contribution in [1.29, 1.82) is 0 Å². The molecule has 106 valence electrons. The number of halogens is 2. The Bertz CT molecular complexity index is 602. The van der Waals surface area contributed by atoms with Crippen molar-refractivity contribution in [2.75, 3.05) is 12.8 Å². The van der Waals surface area contributed by atoms with Crippen LogP contribution in [0, 0.1) is 5.82 Å². The fourth-order valence-electron chi connectivity index (χ4n) is 1.10. The fraction of sp³-hybridized carbons (Fsp3) is 0.455. The summed E-state index contributed by atoms with van der Waals surface area (Å²) in [5, 5.41) is 2.26. The summed E-state index contributed by atoms with van der Waals surface area (Å²) in [5.74, 6) is -1.37. The van der Waals surface area contributed by atoms with Crippen LogP contribution < -0.4 is 5.32 Å². The maximum atomic E-state index is 13.0. The molecule has 0 saturated heterocycles. The summed E-state index contributed by atoms with van der Waals surface area (Å²) >= 11 is 5.67. The van der Waals surface area contributed by atoms with Gasteiger partial charge in [-0.1, -0.05) is 11.6 Å². The first-order valence-corrected chi connectivity index (χ1v) is 7.60. The van der Waals surface area contributed by atoms with Gasteiger partial charge in [0.2, 0.25) is 0 Å². The third-order valence-corrected chi connectivity index (χ3v) is 5.18. The van der Waals surface area contributed by atoms with E-state index in [1.54, 1.807) is 0 Å². The van der Waals surface area contributed by atoms with Crippen LogP contribution in [0.3, 0.4) is 0 Å². The first-order valence-electron chi connectivity index (χ1n) is 5.33. The molecule has 0 aliphatic carbocycles. The van der Waals surface area contributed by atoms with Crippen molar-refractivity contribution in [2.24, 2.45) is 0 Å². The summed E-state index contributed by atoms with van der Waals surface area (Å²) in [6.07, 6.45) is 1.97. The molecule has 1 heterocycles. The first kappa shape index (κ1) is 15.8. The maximum Gasteiger partial charge on any atom is 0.254 e. The number of nitrogens with zero attached hydrogens (tertiary/aromatic N) is 1. The standard InChI is InChI=1S/C11H14ClFN2O3S/c1-11(2,19(3,17)18)6-15-10(16)8-4-7(13)5-14-9(8)12/h4-5H,6H2,1-3H3,(H,15,16). The van der Waals surface area contributed by atoms with Crippen LogP contribution in [0.1, 0.15) is 24.2 Å². The zero-order valence-corrected chi connectivity index (χ0v) is 12.3. The lowest BCUT2D eigenvalue weighted by Crippen LogP contribution is -2.43. The Labute approximate surface area is 116 Å². The van der Waals surface area contributed by atoms with Gasteiger partial charge in [0.15, 0.2) is 9.84 Å². The number of nitrogens with one attached hydrogen (secondary N) is 1. The number of amides is 1. The van der Waals surface area contributed by atoms with Crippen LogP contribution in [-0.2, 0) is 9.84 Å². The SMILES string of the molecule is CC(C)(CNC(=O)c1cc(F)cnc1Cl)S(C)(=O)=O. The van der Waals surface area contributed by atoms with Gasteiger partial charge in [0, 0.05) is 12.8 Å². The molecule has 0 aliphatic heterocycles. The highest BCUT2D eigenvalue weighted by molar-refractivity contribution is 7.92. The van der Waals surface area contributed by atoms with E-state index in [1.165, 1.54) is 13.8 Å². The van der Waals surface area contributed by atoms with Gasteiger partial charge in [-0.05, 0) is 19.9 Å². The third kappa shape index (κ3) is 3.87. The van der Waals surface area contributed by atoms with Gasteiger partial charge in [0.25, 0.3) is 5.91 Å². The summed E-state index contributed by atoms with van der Waals surface area (Å²) < 4.78 is 34.8. The van der Waals surface area contributed by atoms with Crippen LogP contribution in [0.4, 0.5) is 4.39 Å². The van der Waals surface area contributed by atoms with E-state index in [0.29, 0.717) is 0 Å². The highest BCUT2D eigenvalue weighted by Crippen LogP contribution is 2.16. The van der Waals surface area contributed by atoms with Crippen molar-refractivity contribution in [2.45, 2.75) is 18.6 Å². The van der Waals surface area contributed by atoms with Gasteiger partial charge in [0.1, 0.15) is 11.0 Å². The lowest BCUT2D eigenvalue weighted by molar-refractivity contribution is 0.0950. The molecule has 0 fully saturated rings. The molecule has 19 heavy (non-hydrogen) atoms. The zero-order valence-electron chi connectivity index (χ0n) is 10.7. The minimum absolute atomic E-state index is 0.114. The van der Waals surface area contributed by atoms with Crippen LogP contribution in [0.5, 0.6) is 0 Å². The van der Waals surface area contributed by atoms with Crippen molar-refractivity contribution in [3.8, 4) is 0 Å². The Morgan fingerprint density at radius 1 is 1.53 bits per heavy atom. The molecule has 1 amide bonds. The largest absolute Gasteiger partial charge is 0.350 e. The molecule has 0 unspecified atom stereocenters. The summed E-state index contributed by atoms with van der Waals surface area (Å²) in [6, 6.07) is 0.943. The number of sulfone groups is 1. The van der Waals surface area contributed by atoms with Crippen molar-refractivity contribution in [3.63, 3.8) is 0 Å². The van der Waals surface area contributed by atoms with Gasteiger partial charge < -0.3 is 5.32 Å². The lowest BCUT2D eigenvalue weighted by atomic mass is 10.2. The molecule has 8 heteroatoms. The Morgan fingerprint density at radius 3 is 2.63 bits per heavy atom. The summed E-state index contributed by atoms with van der Waals surface area (Å²) in [7, 11) is -3.34. The summed E-state index contributed by atoms with van der Waals surface area (Å²) in [5.41, 5.74) is -0.133. The van der Waals surface area contributed by atoms with E-state index in [4.69, 9.17) is 11.6 Å². The zero-order chi connectivity index (χ0) is 14.8. The van der Waals surface area contributed by atoms with Crippen LogP contribution in [0.15, 0.2) is 12.3 Å². The van der Waals surface area contributed by atoms with Crippen molar-refractivity contribution in [1.82, 2.24) is 10.3 Å². The first-order chi connectivity index (χ1) is 8.54. The van der Waals surface area contributed by atoms with Gasteiger partial charge >= 0.3 is 0 Å². The van der Waals surface area contributed by atoms with Crippen LogP contribution >= 0.6 is 11.6 Å². The van der Waals surface area contributed by atoms with E-state index in [1.807, 2.05) is 0 Å². The molecule has 1 rings (SSSR count). The van der Waals surface area contributed by atoms with Gasteiger partial charge in [-0.3, -0.25) is 4.79 Å². The molecule has 0 saturated carbocycles. The Kier molecular flexibility index (Phi) is 4.52. The van der Waals surface area contributed by atoms with E-state index in [-0.39, 0.29) is 17.3 Å². The second kappa shape index (κ2) is 5.42. The van der Waals surface area contributed by atoms with Gasteiger partial charge in [-0.25, -0.2) is 17.8 Å². The molecule has 0 aromatic carbocycles. The molecule has 1 N–H and O–H groups in total. The molecule has 0 radical (unpaired) electrons. The molecule has 0 bridgehead atoms. The van der Waals surface area contributed by atoms with Gasteiger partial charge in [-0.15, -0.1) is 0 Å². The molecule has 0 aliphatic rings. The maximum absolute atomic E-state index is 13.0. The highest BCUT2D eigenvalue weighted by atomic mass is 35.5. The molecule has 1 aromatic rings. The third-order valence-electron chi connectivity index (χ3n) is 2.73. The minimum atomic E-state index is -3.34. The Morgan fingerprint density at radius 2 is 2.11 bits per heavy atom. The lowest BCUT2D eigenvalue weighted by Gasteiger charge is -2.22. The van der Waals surface area contributed by atoms with E-state index in [9.17, 15) is 17.6 Å². The van der Waals surface area contributed by atoms with E-state index in [2.05, 4.69) is 10.3 Å². The Hall–Kier alpha value is -1.21. The van der Waals surface area contributed by atoms with E-state index < -0.39 is 26.3 Å². The highest BCUT2D eigenvalue weighted by Gasteiger charge is 2.30. The quantitative estimate of drug-likeness (QED) is 0.854. The average molecular weight is 309 g/mol. The van der Waals surface area contributed by atoms with Crippen molar-refractivity contribution >= 4 is 27.3 Å². The smallest absolute Gasteiger partial charge is 0.254 e. The monoisotopic (exact) mass is 308 g/mol. The number of carbonyl (C=O) groups excluding carboxylic acids is 1. The summed E-state index contributed by atoms with van der Waals surface area (Å²) in [4.78, 5) is 15.3. The predicted molar refractivity (Wildman–Crippen MR) is 70.5 cm³/mol. The molecule has 0 atom stereocenters. The Balaban J connectivity index is 2.85. The number of aromatic nitrogens is 1. The predicted octanol–water partition coefficient (Wildman–Crippen LogP) is 1.43. The van der Waals surface area contributed by atoms with Gasteiger partial charge in [0.05, 0.1) is 16.5 Å².